The number of rotatable bonds is 3. The summed E-state index contributed by atoms with van der Waals surface area (Å²) in [5.74, 6) is -0.796. The molecular weight excluding hydrogens is 268 g/mol. The van der Waals surface area contributed by atoms with Gasteiger partial charge in [-0.1, -0.05) is 12.8 Å². The number of carboxylic acid groups (broad SMARTS) is 1. The molecule has 1 amide bonds. The fraction of sp³-hybridized carbons (Fsp3) is 0.812. The molecule has 2 saturated carbocycles. The monoisotopic (exact) mass is 292 g/mol. The third kappa shape index (κ3) is 2.58. The first kappa shape index (κ1) is 14.5. The molecule has 116 valence electrons. The number of hydrogen-bond acceptors (Lipinski definition) is 3. The molecule has 0 bridgehead atoms. The van der Waals surface area contributed by atoms with E-state index in [1.165, 1.54) is 6.42 Å². The zero-order chi connectivity index (χ0) is 14.9. The Morgan fingerprint density at radius 1 is 1.14 bits per heavy atom. The molecular formula is C16H24N2O3. The summed E-state index contributed by atoms with van der Waals surface area (Å²) in [7, 11) is 0. The topological polar surface area (TPSA) is 78.8 Å². The first-order valence-electron chi connectivity index (χ1n) is 8.20. The second-order valence-electron chi connectivity index (χ2n) is 6.79. The lowest BCUT2D eigenvalue weighted by Crippen LogP contribution is -2.61. The normalized spacial score (nSPS) is 31.2. The first-order valence-corrected chi connectivity index (χ1v) is 8.20. The van der Waals surface area contributed by atoms with Crippen molar-refractivity contribution in [3.05, 3.63) is 0 Å². The van der Waals surface area contributed by atoms with Gasteiger partial charge in [-0.15, -0.1) is 0 Å². The van der Waals surface area contributed by atoms with Crippen molar-refractivity contribution >= 4 is 17.6 Å². The number of amides is 1. The van der Waals surface area contributed by atoms with Crippen LogP contribution in [0, 0.1) is 5.41 Å². The predicted octanol–water partition coefficient (Wildman–Crippen LogP) is 2.64. The fourth-order valence-corrected chi connectivity index (χ4v) is 4.20. The number of nitrogens with zero attached hydrogens (tertiary/aromatic N) is 1. The van der Waals surface area contributed by atoms with Gasteiger partial charge in [-0.05, 0) is 51.4 Å². The van der Waals surface area contributed by atoms with Gasteiger partial charge in [-0.3, -0.25) is 14.6 Å². The van der Waals surface area contributed by atoms with Crippen LogP contribution in [0.25, 0.3) is 0 Å². The smallest absolute Gasteiger partial charge is 0.303 e. The number of fused-ring (bicyclic) bond motifs is 1. The van der Waals surface area contributed by atoms with E-state index in [4.69, 9.17) is 10.1 Å². The summed E-state index contributed by atoms with van der Waals surface area (Å²) in [5.41, 5.74) is -0.0331. The maximum atomic E-state index is 12.9. The highest BCUT2D eigenvalue weighted by Gasteiger charge is 2.51. The van der Waals surface area contributed by atoms with E-state index in [1.54, 1.807) is 0 Å². The van der Waals surface area contributed by atoms with Crippen molar-refractivity contribution in [2.45, 2.75) is 76.3 Å². The minimum atomic E-state index is -0.833. The molecule has 1 spiro atoms. The Labute approximate surface area is 125 Å². The molecule has 0 radical (unpaired) electrons. The predicted molar refractivity (Wildman–Crippen MR) is 79.2 cm³/mol. The Morgan fingerprint density at radius 3 is 2.57 bits per heavy atom. The van der Waals surface area contributed by atoms with E-state index < -0.39 is 11.4 Å². The van der Waals surface area contributed by atoms with Crippen LogP contribution in [0.4, 0.5) is 0 Å². The van der Waals surface area contributed by atoms with Crippen LogP contribution >= 0.6 is 0 Å². The number of carbonyl (C=O) groups excluding carboxylic acids is 1. The Bertz CT molecular complexity index is 480. The molecule has 2 aliphatic carbocycles. The van der Waals surface area contributed by atoms with Crippen LogP contribution < -0.4 is 5.32 Å². The van der Waals surface area contributed by atoms with Crippen molar-refractivity contribution < 1.29 is 14.7 Å². The van der Waals surface area contributed by atoms with E-state index in [-0.39, 0.29) is 18.0 Å². The van der Waals surface area contributed by atoms with Gasteiger partial charge in [0.05, 0.1) is 5.41 Å². The van der Waals surface area contributed by atoms with Crippen molar-refractivity contribution in [3.63, 3.8) is 0 Å². The molecule has 0 aromatic rings. The van der Waals surface area contributed by atoms with Crippen molar-refractivity contribution in [2.75, 3.05) is 0 Å². The molecule has 5 heteroatoms. The van der Waals surface area contributed by atoms with Crippen LogP contribution in [-0.2, 0) is 9.59 Å². The van der Waals surface area contributed by atoms with E-state index in [0.717, 1.165) is 57.1 Å². The molecule has 1 unspecified atom stereocenters. The quantitative estimate of drug-likeness (QED) is 0.839. The molecule has 0 aromatic heterocycles. The maximum absolute atomic E-state index is 12.9. The maximum Gasteiger partial charge on any atom is 0.303 e. The highest BCUT2D eigenvalue weighted by atomic mass is 16.4. The van der Waals surface area contributed by atoms with Gasteiger partial charge in [0.15, 0.2) is 0 Å². The molecule has 0 aromatic carbocycles. The van der Waals surface area contributed by atoms with Crippen molar-refractivity contribution in [1.82, 2.24) is 5.32 Å². The molecule has 5 nitrogen and oxygen atoms in total. The van der Waals surface area contributed by atoms with Crippen LogP contribution in [0.1, 0.15) is 70.6 Å². The Kier molecular flexibility index (Phi) is 3.76. The second kappa shape index (κ2) is 5.43. The Balaban J connectivity index is 1.92. The highest BCUT2D eigenvalue weighted by Crippen LogP contribution is 2.44. The SMILES string of the molecule is O=C(O)CCC12CCCCC1=NC1(CCCCC1)NC2=O. The number of aliphatic carboxylic acids is 1. The largest absolute Gasteiger partial charge is 0.481 e. The lowest BCUT2D eigenvalue weighted by molar-refractivity contribution is -0.138. The minimum absolute atomic E-state index is 0.0374. The highest BCUT2D eigenvalue weighted by molar-refractivity contribution is 6.11. The van der Waals surface area contributed by atoms with E-state index >= 15 is 0 Å². The van der Waals surface area contributed by atoms with Crippen molar-refractivity contribution in [1.29, 1.82) is 0 Å². The van der Waals surface area contributed by atoms with Crippen LogP contribution in [-0.4, -0.2) is 28.4 Å². The van der Waals surface area contributed by atoms with Crippen LogP contribution in [0.15, 0.2) is 4.99 Å². The van der Waals surface area contributed by atoms with Gasteiger partial charge in [0.1, 0.15) is 5.66 Å². The number of aliphatic imine (C=N–C) groups is 1. The summed E-state index contributed by atoms with van der Waals surface area (Å²) in [4.78, 5) is 28.8. The molecule has 0 saturated heterocycles. The van der Waals surface area contributed by atoms with E-state index in [1.807, 2.05) is 0 Å². The first-order chi connectivity index (χ1) is 10.1. The third-order valence-corrected chi connectivity index (χ3v) is 5.40. The lowest BCUT2D eigenvalue weighted by Gasteiger charge is -2.47. The van der Waals surface area contributed by atoms with Gasteiger partial charge in [-0.2, -0.15) is 0 Å². The van der Waals surface area contributed by atoms with Gasteiger partial charge >= 0.3 is 5.97 Å². The molecule has 2 fully saturated rings. The minimum Gasteiger partial charge on any atom is -0.481 e. The zero-order valence-electron chi connectivity index (χ0n) is 12.5. The zero-order valence-corrected chi connectivity index (χ0v) is 12.5. The average Bonchev–Trinajstić information content (AvgIpc) is 2.46. The Morgan fingerprint density at radius 2 is 1.86 bits per heavy atom. The van der Waals surface area contributed by atoms with Gasteiger partial charge in [0, 0.05) is 12.1 Å². The summed E-state index contributed by atoms with van der Waals surface area (Å²) < 4.78 is 0. The summed E-state index contributed by atoms with van der Waals surface area (Å²) >= 11 is 0. The van der Waals surface area contributed by atoms with Crippen LogP contribution in [0.2, 0.25) is 0 Å². The Hall–Kier alpha value is -1.39. The fourth-order valence-electron chi connectivity index (χ4n) is 4.20. The van der Waals surface area contributed by atoms with Crippen LogP contribution in [0.3, 0.4) is 0 Å². The van der Waals surface area contributed by atoms with E-state index in [0.29, 0.717) is 6.42 Å². The summed E-state index contributed by atoms with van der Waals surface area (Å²) in [6, 6.07) is 0. The second-order valence-corrected chi connectivity index (χ2v) is 6.79. The van der Waals surface area contributed by atoms with E-state index in [2.05, 4.69) is 5.32 Å². The summed E-state index contributed by atoms with van der Waals surface area (Å²) in [6.45, 7) is 0. The standard InChI is InChI=1S/C16H24N2O3/c19-13(20)7-11-15-8-5-2-6-12(15)17-16(18-14(15)21)9-3-1-4-10-16/h1-11H2,(H,18,21)(H,19,20). The molecule has 3 aliphatic rings. The molecule has 2 N–H and O–H groups in total. The number of carboxylic acids is 1. The third-order valence-electron chi connectivity index (χ3n) is 5.40. The van der Waals surface area contributed by atoms with E-state index in [9.17, 15) is 9.59 Å². The van der Waals surface area contributed by atoms with Crippen molar-refractivity contribution in [3.8, 4) is 0 Å². The number of carbonyl (C=O) groups is 2. The van der Waals surface area contributed by atoms with Gasteiger partial charge < -0.3 is 10.4 Å². The molecule has 3 rings (SSSR count). The summed E-state index contributed by atoms with van der Waals surface area (Å²) in [6.07, 6.45) is 9.38. The van der Waals surface area contributed by atoms with Crippen molar-refractivity contribution in [2.24, 2.45) is 10.4 Å². The number of nitrogens with one attached hydrogen (secondary N) is 1. The van der Waals surface area contributed by atoms with Crippen LogP contribution in [0.5, 0.6) is 0 Å². The lowest BCUT2D eigenvalue weighted by atomic mass is 9.66. The average molecular weight is 292 g/mol. The summed E-state index contributed by atoms with van der Waals surface area (Å²) in [5, 5.41) is 12.2. The molecule has 1 heterocycles. The van der Waals surface area contributed by atoms with Gasteiger partial charge in [0.2, 0.25) is 5.91 Å². The van der Waals surface area contributed by atoms with Gasteiger partial charge in [-0.25, -0.2) is 0 Å². The molecule has 1 atom stereocenters. The number of hydrogen-bond donors (Lipinski definition) is 2. The molecule has 1 aliphatic heterocycles. The van der Waals surface area contributed by atoms with Gasteiger partial charge in [0.25, 0.3) is 0 Å². The molecule has 21 heavy (non-hydrogen) atoms.